The van der Waals surface area contributed by atoms with Crippen molar-refractivity contribution in [2.45, 2.75) is 25.4 Å². The lowest BCUT2D eigenvalue weighted by atomic mass is 10.1. The van der Waals surface area contributed by atoms with Gasteiger partial charge in [0.1, 0.15) is 11.9 Å². The highest BCUT2D eigenvalue weighted by atomic mass is 16.1. The van der Waals surface area contributed by atoms with Crippen LogP contribution in [0.15, 0.2) is 42.6 Å². The fraction of sp³-hybridized carbons (Fsp3) is 0.235. The van der Waals surface area contributed by atoms with Gasteiger partial charge in [0.05, 0.1) is 5.56 Å². The second-order valence-electron chi connectivity index (χ2n) is 5.44. The first-order valence-electron chi connectivity index (χ1n) is 7.19. The van der Waals surface area contributed by atoms with Crippen molar-refractivity contribution in [1.82, 2.24) is 4.98 Å². The summed E-state index contributed by atoms with van der Waals surface area (Å²) >= 11 is 0. The molecule has 0 aliphatic heterocycles. The smallest absolute Gasteiger partial charge is 0.248 e. The Labute approximate surface area is 129 Å². The van der Waals surface area contributed by atoms with Crippen molar-refractivity contribution >= 4 is 11.7 Å². The Hall–Kier alpha value is -2.87. The molecule has 0 unspecified atom stereocenters. The number of carbonyl (C=O) groups is 1. The van der Waals surface area contributed by atoms with Crippen LogP contribution in [0.25, 0.3) is 0 Å². The fourth-order valence-electron chi connectivity index (χ4n) is 2.38. The van der Waals surface area contributed by atoms with Gasteiger partial charge in [-0.1, -0.05) is 12.1 Å². The summed E-state index contributed by atoms with van der Waals surface area (Å²) in [7, 11) is 0. The van der Waals surface area contributed by atoms with Crippen molar-refractivity contribution in [1.29, 1.82) is 5.26 Å². The molecule has 22 heavy (non-hydrogen) atoms. The van der Waals surface area contributed by atoms with Gasteiger partial charge in [-0.25, -0.2) is 4.98 Å². The second-order valence-corrected chi connectivity index (χ2v) is 5.44. The van der Waals surface area contributed by atoms with E-state index in [0.717, 1.165) is 30.8 Å². The predicted molar refractivity (Wildman–Crippen MR) is 83.1 cm³/mol. The lowest BCUT2D eigenvalue weighted by molar-refractivity contribution is 0.100. The molecule has 1 aromatic heterocycles. The van der Waals surface area contributed by atoms with E-state index in [4.69, 9.17) is 11.0 Å². The number of hydrogen-bond acceptors (Lipinski definition) is 4. The lowest BCUT2D eigenvalue weighted by Crippen LogP contribution is -2.26. The highest BCUT2D eigenvalue weighted by Gasteiger charge is 2.30. The maximum atomic E-state index is 11.1. The zero-order chi connectivity index (χ0) is 15.5. The topological polar surface area (TPSA) is 83.0 Å². The average molecular weight is 292 g/mol. The molecular weight excluding hydrogens is 276 g/mol. The van der Waals surface area contributed by atoms with Gasteiger partial charge < -0.3 is 10.6 Å². The van der Waals surface area contributed by atoms with E-state index in [0.29, 0.717) is 17.2 Å². The standard InChI is InChI=1S/C17H16N4O/c18-9-13-3-8-16(20-10-13)21(15-6-7-15)11-12-1-4-14(5-2-12)17(19)22/h1-5,8,10,15H,6-7,11H2,(H2,19,22). The summed E-state index contributed by atoms with van der Waals surface area (Å²) in [6.07, 6.45) is 3.91. The van der Waals surface area contributed by atoms with Crippen LogP contribution in [0.2, 0.25) is 0 Å². The summed E-state index contributed by atoms with van der Waals surface area (Å²) in [5.41, 5.74) is 7.43. The summed E-state index contributed by atoms with van der Waals surface area (Å²) in [5.74, 6) is 0.458. The van der Waals surface area contributed by atoms with Crippen LogP contribution < -0.4 is 10.6 Å². The Bertz CT molecular complexity index is 712. The van der Waals surface area contributed by atoms with Crippen molar-refractivity contribution in [3.63, 3.8) is 0 Å². The number of nitrogens with zero attached hydrogens (tertiary/aromatic N) is 3. The number of rotatable bonds is 5. The molecule has 2 N–H and O–H groups in total. The quantitative estimate of drug-likeness (QED) is 0.916. The van der Waals surface area contributed by atoms with Gasteiger partial charge in [0.25, 0.3) is 0 Å². The van der Waals surface area contributed by atoms with Gasteiger partial charge in [0.2, 0.25) is 5.91 Å². The number of primary amides is 1. The maximum Gasteiger partial charge on any atom is 0.248 e. The summed E-state index contributed by atoms with van der Waals surface area (Å²) < 4.78 is 0. The number of carbonyl (C=O) groups excluding carboxylic acids is 1. The Balaban J connectivity index is 1.79. The minimum atomic E-state index is -0.417. The van der Waals surface area contributed by atoms with E-state index in [1.165, 1.54) is 0 Å². The molecule has 0 bridgehead atoms. The van der Waals surface area contributed by atoms with Gasteiger partial charge >= 0.3 is 0 Å². The van der Waals surface area contributed by atoms with Gasteiger partial charge in [0, 0.05) is 24.3 Å². The lowest BCUT2D eigenvalue weighted by Gasteiger charge is -2.23. The van der Waals surface area contributed by atoms with Crippen LogP contribution in [0, 0.1) is 11.3 Å². The molecule has 3 rings (SSSR count). The average Bonchev–Trinajstić information content (AvgIpc) is 3.38. The predicted octanol–water partition coefficient (Wildman–Crippen LogP) is 2.22. The van der Waals surface area contributed by atoms with Crippen LogP contribution in [-0.2, 0) is 6.54 Å². The third-order valence-corrected chi connectivity index (χ3v) is 3.75. The van der Waals surface area contributed by atoms with Gasteiger partial charge in [0.15, 0.2) is 0 Å². The largest absolute Gasteiger partial charge is 0.366 e. The molecule has 5 nitrogen and oxygen atoms in total. The van der Waals surface area contributed by atoms with Crippen molar-refractivity contribution in [3.05, 3.63) is 59.3 Å². The third-order valence-electron chi connectivity index (χ3n) is 3.75. The molecule has 0 atom stereocenters. The van der Waals surface area contributed by atoms with E-state index in [1.807, 2.05) is 18.2 Å². The first-order chi connectivity index (χ1) is 10.7. The number of aromatic nitrogens is 1. The Morgan fingerprint density at radius 3 is 2.50 bits per heavy atom. The summed E-state index contributed by atoms with van der Waals surface area (Å²) in [6, 6.07) is 13.6. The van der Waals surface area contributed by atoms with Gasteiger partial charge in [-0.3, -0.25) is 4.79 Å². The number of hydrogen-bond donors (Lipinski definition) is 1. The van der Waals surface area contributed by atoms with Crippen LogP contribution in [-0.4, -0.2) is 16.9 Å². The van der Waals surface area contributed by atoms with Crippen LogP contribution >= 0.6 is 0 Å². The summed E-state index contributed by atoms with van der Waals surface area (Å²) in [6.45, 7) is 0.725. The van der Waals surface area contributed by atoms with Gasteiger partial charge in [-0.05, 0) is 42.7 Å². The van der Waals surface area contributed by atoms with Crippen molar-refractivity contribution in [2.75, 3.05) is 4.90 Å². The third kappa shape index (κ3) is 3.07. The minimum Gasteiger partial charge on any atom is -0.366 e. The minimum absolute atomic E-state index is 0.417. The number of pyridine rings is 1. The number of nitrogens with two attached hydrogens (primary N) is 1. The van der Waals surface area contributed by atoms with E-state index in [2.05, 4.69) is 16.0 Å². The highest BCUT2D eigenvalue weighted by molar-refractivity contribution is 5.92. The maximum absolute atomic E-state index is 11.1. The van der Waals surface area contributed by atoms with Gasteiger partial charge in [-0.15, -0.1) is 0 Å². The monoisotopic (exact) mass is 292 g/mol. The number of benzene rings is 1. The van der Waals surface area contributed by atoms with Gasteiger partial charge in [-0.2, -0.15) is 5.26 Å². The first kappa shape index (κ1) is 14.1. The van der Waals surface area contributed by atoms with E-state index >= 15 is 0 Å². The molecule has 2 aromatic rings. The molecule has 1 heterocycles. The van der Waals surface area contributed by atoms with E-state index in [-0.39, 0.29) is 0 Å². The highest BCUT2D eigenvalue weighted by Crippen LogP contribution is 2.32. The Morgan fingerprint density at radius 2 is 2.00 bits per heavy atom. The number of amides is 1. The zero-order valence-electron chi connectivity index (χ0n) is 12.1. The van der Waals surface area contributed by atoms with Crippen LogP contribution in [0.5, 0.6) is 0 Å². The normalized spacial score (nSPS) is 13.4. The van der Waals surface area contributed by atoms with Crippen LogP contribution in [0.4, 0.5) is 5.82 Å². The molecule has 0 saturated heterocycles. The zero-order valence-corrected chi connectivity index (χ0v) is 12.1. The Kier molecular flexibility index (Phi) is 3.75. The van der Waals surface area contributed by atoms with E-state index in [9.17, 15) is 4.79 Å². The molecule has 1 amide bonds. The number of nitriles is 1. The van der Waals surface area contributed by atoms with Crippen LogP contribution in [0.3, 0.4) is 0 Å². The van der Waals surface area contributed by atoms with E-state index in [1.54, 1.807) is 24.4 Å². The number of anilines is 1. The summed E-state index contributed by atoms with van der Waals surface area (Å²) in [5, 5.41) is 8.85. The molecule has 1 fully saturated rings. The second kappa shape index (κ2) is 5.86. The first-order valence-corrected chi connectivity index (χ1v) is 7.19. The van der Waals surface area contributed by atoms with E-state index < -0.39 is 5.91 Å². The summed E-state index contributed by atoms with van der Waals surface area (Å²) in [4.78, 5) is 17.7. The molecular formula is C17H16N4O. The molecule has 5 heteroatoms. The Morgan fingerprint density at radius 1 is 1.27 bits per heavy atom. The molecule has 0 radical (unpaired) electrons. The van der Waals surface area contributed by atoms with Crippen molar-refractivity contribution in [3.8, 4) is 6.07 Å². The van der Waals surface area contributed by atoms with Crippen molar-refractivity contribution < 1.29 is 4.79 Å². The fourth-order valence-corrected chi connectivity index (χ4v) is 2.38. The SMILES string of the molecule is N#Cc1ccc(N(Cc2ccc(C(N)=O)cc2)C2CC2)nc1. The van der Waals surface area contributed by atoms with Crippen molar-refractivity contribution in [2.24, 2.45) is 5.73 Å². The molecule has 1 saturated carbocycles. The molecule has 1 aromatic carbocycles. The molecule has 110 valence electrons. The van der Waals surface area contributed by atoms with Crippen LogP contribution in [0.1, 0.15) is 34.3 Å². The molecule has 1 aliphatic carbocycles. The molecule has 0 spiro atoms. The molecule has 1 aliphatic rings.